The maximum atomic E-state index is 10.5. The largest absolute Gasteiger partial charge is 0.481 e. The number of rotatable bonds is 3. The fourth-order valence-corrected chi connectivity index (χ4v) is 1.24. The van der Waals surface area contributed by atoms with Gasteiger partial charge in [0.15, 0.2) is 0 Å². The van der Waals surface area contributed by atoms with Crippen molar-refractivity contribution >= 4 is 28.6 Å². The molecule has 1 rings (SSSR count). The molecule has 0 aliphatic rings. The first-order valence-electron chi connectivity index (χ1n) is 3.50. The number of nitrogens with zero attached hydrogens (tertiary/aromatic N) is 2. The Balaban J connectivity index is 2.58. The maximum Gasteiger partial charge on any atom is 0.308 e. The summed E-state index contributed by atoms with van der Waals surface area (Å²) in [5.41, 5.74) is 0. The van der Waals surface area contributed by atoms with Gasteiger partial charge in [-0.2, -0.15) is 5.10 Å². The van der Waals surface area contributed by atoms with Gasteiger partial charge in [-0.3, -0.25) is 9.48 Å². The van der Waals surface area contributed by atoms with Crippen LogP contribution in [0.4, 0.5) is 0 Å². The number of hydrogen-bond acceptors (Lipinski definition) is 2. The number of aromatic nitrogens is 2. The molecule has 66 valence electrons. The molecule has 0 aliphatic carbocycles. The topological polar surface area (TPSA) is 55.1 Å². The van der Waals surface area contributed by atoms with E-state index < -0.39 is 5.97 Å². The van der Waals surface area contributed by atoms with E-state index in [2.05, 4.69) is 27.7 Å². The molecule has 0 fully saturated rings. The van der Waals surface area contributed by atoms with Crippen LogP contribution in [-0.4, -0.2) is 20.9 Å². The van der Waals surface area contributed by atoms with E-state index in [4.69, 9.17) is 5.11 Å². The van der Waals surface area contributed by atoms with Gasteiger partial charge >= 0.3 is 5.97 Å². The fourth-order valence-electron chi connectivity index (χ4n) is 0.797. The summed E-state index contributed by atoms with van der Waals surface area (Å²) in [4.78, 5) is 10.5. The van der Waals surface area contributed by atoms with Crippen LogP contribution in [0.1, 0.15) is 6.92 Å². The number of hydrogen-bond donors (Lipinski definition) is 1. The number of carboxylic acids is 1. The zero-order valence-corrected chi connectivity index (χ0v) is 8.72. The number of carboxylic acid groups (broad SMARTS) is 1. The van der Waals surface area contributed by atoms with Crippen LogP contribution in [0.5, 0.6) is 0 Å². The van der Waals surface area contributed by atoms with Crippen molar-refractivity contribution in [2.24, 2.45) is 5.92 Å². The minimum Gasteiger partial charge on any atom is -0.481 e. The summed E-state index contributed by atoms with van der Waals surface area (Å²) < 4.78 is 2.66. The minimum atomic E-state index is -0.791. The van der Waals surface area contributed by atoms with Crippen LogP contribution in [0.2, 0.25) is 0 Å². The second-order valence-corrected chi connectivity index (χ2v) is 3.87. The Morgan fingerprint density at radius 2 is 2.58 bits per heavy atom. The van der Waals surface area contributed by atoms with Crippen LogP contribution in [0.15, 0.2) is 12.4 Å². The molecule has 1 aromatic rings. The van der Waals surface area contributed by atoms with Crippen molar-refractivity contribution in [3.8, 4) is 0 Å². The molecule has 1 heterocycles. The van der Waals surface area contributed by atoms with Crippen molar-refractivity contribution in [2.45, 2.75) is 13.5 Å². The molecule has 0 amide bonds. The van der Waals surface area contributed by atoms with Gasteiger partial charge in [-0.1, -0.05) is 6.92 Å². The van der Waals surface area contributed by atoms with Crippen LogP contribution < -0.4 is 0 Å². The highest BCUT2D eigenvalue weighted by Crippen LogP contribution is 2.04. The van der Waals surface area contributed by atoms with Crippen molar-refractivity contribution in [1.29, 1.82) is 0 Å². The molecule has 1 aromatic heterocycles. The van der Waals surface area contributed by atoms with Gasteiger partial charge in [0.2, 0.25) is 0 Å². The number of halogens is 1. The van der Waals surface area contributed by atoms with Crippen molar-refractivity contribution in [3.63, 3.8) is 0 Å². The van der Waals surface area contributed by atoms with Gasteiger partial charge in [-0.15, -0.1) is 0 Å². The molecule has 0 unspecified atom stereocenters. The Morgan fingerprint density at radius 1 is 1.92 bits per heavy atom. The summed E-state index contributed by atoms with van der Waals surface area (Å²) in [5.74, 6) is -1.18. The first kappa shape index (κ1) is 9.50. The van der Waals surface area contributed by atoms with Crippen molar-refractivity contribution in [2.75, 3.05) is 0 Å². The molecule has 0 saturated carbocycles. The molecular formula is C7H9IN2O2. The molecule has 4 nitrogen and oxygen atoms in total. The molecule has 5 heteroatoms. The summed E-state index contributed by atoms with van der Waals surface area (Å²) in [6, 6.07) is 0. The van der Waals surface area contributed by atoms with Crippen LogP contribution >= 0.6 is 22.6 Å². The number of aliphatic carboxylic acids is 1. The Kier molecular flexibility index (Phi) is 3.07. The molecule has 0 saturated heterocycles. The highest BCUT2D eigenvalue weighted by Gasteiger charge is 2.11. The van der Waals surface area contributed by atoms with Gasteiger partial charge in [0.25, 0.3) is 0 Å². The van der Waals surface area contributed by atoms with Gasteiger partial charge in [-0.25, -0.2) is 0 Å². The van der Waals surface area contributed by atoms with E-state index >= 15 is 0 Å². The van der Waals surface area contributed by atoms with Crippen molar-refractivity contribution < 1.29 is 9.90 Å². The predicted octanol–water partition coefficient (Wildman–Crippen LogP) is 1.21. The van der Waals surface area contributed by atoms with Crippen LogP contribution in [0.3, 0.4) is 0 Å². The van der Waals surface area contributed by atoms with Crippen LogP contribution in [0, 0.1) is 9.49 Å². The van der Waals surface area contributed by atoms with Crippen molar-refractivity contribution in [1.82, 2.24) is 9.78 Å². The zero-order chi connectivity index (χ0) is 9.14. The first-order valence-corrected chi connectivity index (χ1v) is 4.58. The monoisotopic (exact) mass is 280 g/mol. The van der Waals surface area contributed by atoms with E-state index in [0.717, 1.165) is 3.57 Å². The van der Waals surface area contributed by atoms with Crippen molar-refractivity contribution in [3.05, 3.63) is 16.0 Å². The van der Waals surface area contributed by atoms with Gasteiger partial charge in [-0.05, 0) is 22.6 Å². The molecule has 0 radical (unpaired) electrons. The second kappa shape index (κ2) is 3.88. The zero-order valence-electron chi connectivity index (χ0n) is 6.57. The summed E-state index contributed by atoms with van der Waals surface area (Å²) in [7, 11) is 0. The Bertz CT molecular complexity index is 285. The van der Waals surface area contributed by atoms with E-state index in [1.807, 2.05) is 6.20 Å². The average molecular weight is 280 g/mol. The predicted molar refractivity (Wildman–Crippen MR) is 51.7 cm³/mol. The summed E-state index contributed by atoms with van der Waals surface area (Å²) in [5, 5.41) is 12.6. The number of carbonyl (C=O) groups is 1. The van der Waals surface area contributed by atoms with E-state index in [1.165, 1.54) is 0 Å². The minimum absolute atomic E-state index is 0.388. The third-order valence-corrected chi connectivity index (χ3v) is 2.04. The van der Waals surface area contributed by atoms with E-state index in [0.29, 0.717) is 6.54 Å². The normalized spacial score (nSPS) is 12.8. The average Bonchev–Trinajstić information content (AvgIpc) is 2.35. The van der Waals surface area contributed by atoms with E-state index in [-0.39, 0.29) is 5.92 Å². The Hall–Kier alpha value is -0.590. The lowest BCUT2D eigenvalue weighted by molar-refractivity contribution is -0.141. The lowest BCUT2D eigenvalue weighted by Gasteiger charge is -2.04. The van der Waals surface area contributed by atoms with E-state index in [1.54, 1.807) is 17.8 Å². The van der Waals surface area contributed by atoms with Gasteiger partial charge in [0.05, 0.1) is 22.2 Å². The third kappa shape index (κ3) is 2.47. The molecule has 12 heavy (non-hydrogen) atoms. The molecule has 0 aliphatic heterocycles. The quantitative estimate of drug-likeness (QED) is 0.847. The molecule has 0 bridgehead atoms. The molecular weight excluding hydrogens is 271 g/mol. The van der Waals surface area contributed by atoms with Gasteiger partial charge < -0.3 is 5.11 Å². The Labute approximate surface area is 83.7 Å². The smallest absolute Gasteiger partial charge is 0.308 e. The van der Waals surface area contributed by atoms with Crippen LogP contribution in [-0.2, 0) is 11.3 Å². The molecule has 1 N–H and O–H groups in total. The lowest BCUT2D eigenvalue weighted by atomic mass is 10.2. The Morgan fingerprint density at radius 3 is 3.00 bits per heavy atom. The lowest BCUT2D eigenvalue weighted by Crippen LogP contribution is -2.16. The van der Waals surface area contributed by atoms with Gasteiger partial charge in [0, 0.05) is 6.20 Å². The molecule has 0 spiro atoms. The summed E-state index contributed by atoms with van der Waals surface area (Å²) >= 11 is 2.13. The SMILES string of the molecule is C[C@@H](Cn1cc(I)cn1)C(=O)O. The van der Waals surface area contributed by atoms with Gasteiger partial charge in [0.1, 0.15) is 0 Å². The summed E-state index contributed by atoms with van der Waals surface area (Å²) in [6.07, 6.45) is 3.52. The highest BCUT2D eigenvalue weighted by molar-refractivity contribution is 14.1. The molecule has 0 aromatic carbocycles. The highest BCUT2D eigenvalue weighted by atomic mass is 127. The third-order valence-electron chi connectivity index (χ3n) is 1.48. The standard InChI is InChI=1S/C7H9IN2O2/c1-5(7(11)12)3-10-4-6(8)2-9-10/h2,4-5H,3H2,1H3,(H,11,12)/t5-/m0/s1. The second-order valence-electron chi connectivity index (χ2n) is 2.62. The first-order chi connectivity index (χ1) is 5.59. The van der Waals surface area contributed by atoms with Crippen LogP contribution in [0.25, 0.3) is 0 Å². The summed E-state index contributed by atoms with van der Waals surface area (Å²) in [6.45, 7) is 2.09. The maximum absolute atomic E-state index is 10.5. The van der Waals surface area contributed by atoms with E-state index in [9.17, 15) is 4.79 Å². The molecule has 1 atom stereocenters. The fraction of sp³-hybridized carbons (Fsp3) is 0.429.